The molecule has 0 spiro atoms. The molecule has 1 aliphatic rings. The number of rotatable bonds is 5. The van der Waals surface area contributed by atoms with Gasteiger partial charge in [0.1, 0.15) is 11.5 Å². The van der Waals surface area contributed by atoms with Crippen LogP contribution in [0.15, 0.2) is 18.2 Å². The molecule has 1 unspecified atom stereocenters. The van der Waals surface area contributed by atoms with Crippen molar-refractivity contribution in [2.45, 2.75) is 32.7 Å². The lowest BCUT2D eigenvalue weighted by Crippen LogP contribution is -2.14. The van der Waals surface area contributed by atoms with Crippen LogP contribution in [-0.2, 0) is 0 Å². The van der Waals surface area contributed by atoms with Crippen LogP contribution in [0.5, 0.6) is 11.5 Å². The Morgan fingerprint density at radius 2 is 2.06 bits per heavy atom. The first kappa shape index (κ1) is 12.2. The van der Waals surface area contributed by atoms with E-state index in [9.17, 15) is 0 Å². The molecule has 0 aromatic heterocycles. The number of ether oxygens (including phenoxy) is 2. The second-order valence-corrected chi connectivity index (χ2v) is 4.21. The summed E-state index contributed by atoms with van der Waals surface area (Å²) in [7, 11) is 0. The van der Waals surface area contributed by atoms with Gasteiger partial charge in [0.15, 0.2) is 0 Å². The van der Waals surface area contributed by atoms with E-state index < -0.39 is 0 Å². The van der Waals surface area contributed by atoms with Gasteiger partial charge in [-0.25, -0.2) is 0 Å². The van der Waals surface area contributed by atoms with Crippen molar-refractivity contribution < 1.29 is 9.47 Å². The Morgan fingerprint density at radius 1 is 1.24 bits per heavy atom. The standard InChI is InChI=1S/C14H21NO2/c1-3-16-11-7-8-12(13-6-5-9-15-13)14(10-11)17-4-2/h7-8,10,13,15H,3-6,9H2,1-2H3. The molecule has 94 valence electrons. The van der Waals surface area contributed by atoms with Crippen LogP contribution in [0.1, 0.15) is 38.3 Å². The summed E-state index contributed by atoms with van der Waals surface area (Å²) in [5.74, 6) is 1.84. The molecule has 1 N–H and O–H groups in total. The van der Waals surface area contributed by atoms with Crippen LogP contribution < -0.4 is 14.8 Å². The normalized spacial score (nSPS) is 19.3. The Balaban J connectivity index is 2.23. The average molecular weight is 235 g/mol. The van der Waals surface area contributed by atoms with E-state index >= 15 is 0 Å². The van der Waals surface area contributed by atoms with E-state index in [0.717, 1.165) is 18.0 Å². The van der Waals surface area contributed by atoms with Gasteiger partial charge in [0.2, 0.25) is 0 Å². The van der Waals surface area contributed by atoms with E-state index in [1.807, 2.05) is 26.0 Å². The molecule has 0 amide bonds. The molecule has 0 saturated carbocycles. The SMILES string of the molecule is CCOc1ccc(C2CCCN2)c(OCC)c1. The minimum Gasteiger partial charge on any atom is -0.494 e. The summed E-state index contributed by atoms with van der Waals surface area (Å²) in [5.41, 5.74) is 1.26. The minimum absolute atomic E-state index is 0.437. The quantitative estimate of drug-likeness (QED) is 0.851. The predicted octanol–water partition coefficient (Wildman–Crippen LogP) is 2.91. The van der Waals surface area contributed by atoms with E-state index in [1.54, 1.807) is 0 Å². The highest BCUT2D eigenvalue weighted by molar-refractivity contribution is 5.42. The first-order chi connectivity index (χ1) is 8.35. The highest BCUT2D eigenvalue weighted by atomic mass is 16.5. The minimum atomic E-state index is 0.437. The fourth-order valence-corrected chi connectivity index (χ4v) is 2.29. The van der Waals surface area contributed by atoms with Gasteiger partial charge in [0, 0.05) is 17.7 Å². The van der Waals surface area contributed by atoms with Crippen LogP contribution >= 0.6 is 0 Å². The molecular formula is C14H21NO2. The fraction of sp³-hybridized carbons (Fsp3) is 0.571. The first-order valence-corrected chi connectivity index (χ1v) is 6.48. The van der Waals surface area contributed by atoms with Crippen molar-refractivity contribution in [2.24, 2.45) is 0 Å². The maximum Gasteiger partial charge on any atom is 0.127 e. The van der Waals surface area contributed by atoms with Crippen LogP contribution in [0.3, 0.4) is 0 Å². The molecule has 1 atom stereocenters. The zero-order valence-corrected chi connectivity index (χ0v) is 10.7. The Hall–Kier alpha value is -1.22. The van der Waals surface area contributed by atoms with Gasteiger partial charge < -0.3 is 14.8 Å². The third-order valence-corrected chi connectivity index (χ3v) is 3.03. The first-order valence-electron chi connectivity index (χ1n) is 6.48. The fourth-order valence-electron chi connectivity index (χ4n) is 2.29. The van der Waals surface area contributed by atoms with Crippen molar-refractivity contribution in [2.75, 3.05) is 19.8 Å². The maximum atomic E-state index is 5.72. The molecule has 1 aromatic carbocycles. The highest BCUT2D eigenvalue weighted by Gasteiger charge is 2.20. The lowest BCUT2D eigenvalue weighted by Gasteiger charge is -2.17. The molecule has 2 rings (SSSR count). The summed E-state index contributed by atoms with van der Waals surface area (Å²) in [6.07, 6.45) is 2.43. The summed E-state index contributed by atoms with van der Waals surface area (Å²) in [6, 6.07) is 6.59. The largest absolute Gasteiger partial charge is 0.494 e. The van der Waals surface area contributed by atoms with Crippen molar-refractivity contribution in [3.8, 4) is 11.5 Å². The molecule has 0 aliphatic carbocycles. The van der Waals surface area contributed by atoms with Crippen LogP contribution in [0.2, 0.25) is 0 Å². The smallest absolute Gasteiger partial charge is 0.127 e. The summed E-state index contributed by atoms with van der Waals surface area (Å²) in [6.45, 7) is 6.48. The van der Waals surface area contributed by atoms with Gasteiger partial charge in [-0.2, -0.15) is 0 Å². The summed E-state index contributed by atoms with van der Waals surface area (Å²) in [5, 5.41) is 3.50. The van der Waals surface area contributed by atoms with E-state index in [-0.39, 0.29) is 0 Å². The van der Waals surface area contributed by atoms with Gasteiger partial charge in [-0.15, -0.1) is 0 Å². The summed E-state index contributed by atoms with van der Waals surface area (Å²) < 4.78 is 11.2. The maximum absolute atomic E-state index is 5.72. The zero-order valence-electron chi connectivity index (χ0n) is 10.7. The topological polar surface area (TPSA) is 30.5 Å². The Bertz CT molecular complexity index is 359. The van der Waals surface area contributed by atoms with Gasteiger partial charge in [-0.3, -0.25) is 0 Å². The van der Waals surface area contributed by atoms with Crippen molar-refractivity contribution >= 4 is 0 Å². The molecule has 1 aliphatic heterocycles. The van der Waals surface area contributed by atoms with E-state index in [2.05, 4.69) is 11.4 Å². The van der Waals surface area contributed by atoms with Gasteiger partial charge in [0.25, 0.3) is 0 Å². The lowest BCUT2D eigenvalue weighted by molar-refractivity contribution is 0.318. The third kappa shape index (κ3) is 2.91. The molecule has 1 saturated heterocycles. The second kappa shape index (κ2) is 5.92. The lowest BCUT2D eigenvalue weighted by atomic mass is 10.0. The molecule has 1 fully saturated rings. The van der Waals surface area contributed by atoms with Crippen LogP contribution in [-0.4, -0.2) is 19.8 Å². The van der Waals surface area contributed by atoms with Gasteiger partial charge in [0.05, 0.1) is 13.2 Å². The average Bonchev–Trinajstić information content (AvgIpc) is 2.84. The predicted molar refractivity (Wildman–Crippen MR) is 68.8 cm³/mol. The highest BCUT2D eigenvalue weighted by Crippen LogP contribution is 2.33. The number of benzene rings is 1. The van der Waals surface area contributed by atoms with E-state index in [0.29, 0.717) is 19.3 Å². The monoisotopic (exact) mass is 235 g/mol. The molecule has 0 bridgehead atoms. The molecule has 0 radical (unpaired) electrons. The molecule has 3 nitrogen and oxygen atoms in total. The van der Waals surface area contributed by atoms with Crippen molar-refractivity contribution in [3.05, 3.63) is 23.8 Å². The number of nitrogens with one attached hydrogen (secondary N) is 1. The molecular weight excluding hydrogens is 214 g/mol. The third-order valence-electron chi connectivity index (χ3n) is 3.03. The van der Waals surface area contributed by atoms with E-state index in [4.69, 9.17) is 9.47 Å². The Kier molecular flexibility index (Phi) is 4.26. The molecule has 3 heteroatoms. The Morgan fingerprint density at radius 3 is 2.71 bits per heavy atom. The molecule has 1 aromatic rings. The summed E-state index contributed by atoms with van der Waals surface area (Å²) >= 11 is 0. The Labute approximate surface area is 103 Å². The van der Waals surface area contributed by atoms with Crippen molar-refractivity contribution in [1.29, 1.82) is 0 Å². The number of hydrogen-bond donors (Lipinski definition) is 1. The zero-order chi connectivity index (χ0) is 12.1. The van der Waals surface area contributed by atoms with Crippen LogP contribution in [0.25, 0.3) is 0 Å². The van der Waals surface area contributed by atoms with Crippen LogP contribution in [0.4, 0.5) is 0 Å². The number of hydrogen-bond acceptors (Lipinski definition) is 3. The van der Waals surface area contributed by atoms with Crippen molar-refractivity contribution in [1.82, 2.24) is 5.32 Å². The van der Waals surface area contributed by atoms with Gasteiger partial charge in [-0.1, -0.05) is 6.07 Å². The summed E-state index contributed by atoms with van der Waals surface area (Å²) in [4.78, 5) is 0. The molecule has 17 heavy (non-hydrogen) atoms. The van der Waals surface area contributed by atoms with Crippen molar-refractivity contribution in [3.63, 3.8) is 0 Å². The van der Waals surface area contributed by atoms with Gasteiger partial charge in [-0.05, 0) is 39.3 Å². The second-order valence-electron chi connectivity index (χ2n) is 4.21. The molecule has 1 heterocycles. The van der Waals surface area contributed by atoms with Crippen LogP contribution in [0, 0.1) is 0 Å². The van der Waals surface area contributed by atoms with Gasteiger partial charge >= 0.3 is 0 Å². The van der Waals surface area contributed by atoms with E-state index in [1.165, 1.54) is 18.4 Å².